The van der Waals surface area contributed by atoms with E-state index in [0.29, 0.717) is 17.4 Å². The van der Waals surface area contributed by atoms with E-state index in [2.05, 4.69) is 111 Å². The van der Waals surface area contributed by atoms with Gasteiger partial charge in [0.2, 0.25) is 5.91 Å². The molecule has 9 nitrogen and oxygen atoms in total. The summed E-state index contributed by atoms with van der Waals surface area (Å²) in [5, 5.41) is 3.01. The van der Waals surface area contributed by atoms with Crippen molar-refractivity contribution in [2.24, 2.45) is 0 Å². The zero-order valence-corrected chi connectivity index (χ0v) is 53.7. The molecule has 80 heavy (non-hydrogen) atoms. The smallest absolute Gasteiger partial charge is 0.306 e. The molecule has 0 aliphatic carbocycles. The van der Waals surface area contributed by atoms with Gasteiger partial charge in [-0.1, -0.05) is 260 Å². The summed E-state index contributed by atoms with van der Waals surface area (Å²) < 4.78 is 30.4. The van der Waals surface area contributed by atoms with E-state index in [-0.39, 0.29) is 31.3 Å². The number of phosphoric ester groups is 1. The number of unbranched alkanes of at least 4 members (excludes halogenated alkanes) is 29. The van der Waals surface area contributed by atoms with E-state index in [4.69, 9.17) is 13.8 Å². The Hall–Kier alpha value is -3.07. The third kappa shape index (κ3) is 59.5. The lowest BCUT2D eigenvalue weighted by atomic mass is 10.0. The van der Waals surface area contributed by atoms with E-state index in [9.17, 15) is 19.0 Å². The van der Waals surface area contributed by atoms with E-state index in [1.54, 1.807) is 0 Å². The molecular weight excluding hydrogens is 1010 g/mol. The summed E-state index contributed by atoms with van der Waals surface area (Å²) in [6, 6.07) is -0.911. The topological polar surface area (TPSA) is 114 Å². The van der Waals surface area contributed by atoms with Crippen molar-refractivity contribution < 1.29 is 37.3 Å². The fourth-order valence-corrected chi connectivity index (χ4v) is 9.89. The molecule has 10 heteroatoms. The van der Waals surface area contributed by atoms with Gasteiger partial charge in [-0.05, 0) is 109 Å². The number of esters is 1. The molecule has 0 aliphatic heterocycles. The maximum atomic E-state index is 13.5. The molecule has 0 aromatic rings. The summed E-state index contributed by atoms with van der Waals surface area (Å²) in [4.78, 5) is 40.1. The van der Waals surface area contributed by atoms with Crippen LogP contribution in [0.5, 0.6) is 0 Å². The molecule has 462 valence electrons. The third-order valence-corrected chi connectivity index (χ3v) is 15.2. The maximum absolute atomic E-state index is 13.5. The van der Waals surface area contributed by atoms with Gasteiger partial charge in [0.15, 0.2) is 0 Å². The molecule has 0 aromatic carbocycles. The van der Waals surface area contributed by atoms with Gasteiger partial charge in [-0.25, -0.2) is 0 Å². The Kier molecular flexibility index (Phi) is 56.8. The molecule has 0 aromatic heterocycles. The molecule has 0 radical (unpaired) electrons. The van der Waals surface area contributed by atoms with E-state index in [1.807, 2.05) is 33.3 Å². The average molecular weight is 1140 g/mol. The minimum Gasteiger partial charge on any atom is -0.756 e. The number of carbonyl (C=O) groups excluding carboxylic acids is 2. The molecule has 3 unspecified atom stereocenters. The lowest BCUT2D eigenvalue weighted by molar-refractivity contribution is -0.870. The predicted octanol–water partition coefficient (Wildman–Crippen LogP) is 20.1. The SMILES string of the molecule is CC/C=C\C/C=C\C/C=C\C/C=C\C/C=C\CCCCCC(=O)NC(COP(=O)([O-])OCC[N+](C)(C)C)C(/C=C/CCCCCCCCCCCC)OC(=O)CCCCCCCCCCCCCCC/C=C\C/C=C\CCCCC. The molecule has 0 aliphatic rings. The highest BCUT2D eigenvalue weighted by Gasteiger charge is 2.27. The quantitative estimate of drug-likeness (QED) is 0.0212. The highest BCUT2D eigenvalue weighted by Crippen LogP contribution is 2.38. The van der Waals surface area contributed by atoms with Gasteiger partial charge in [0, 0.05) is 12.8 Å². The van der Waals surface area contributed by atoms with E-state index >= 15 is 0 Å². The number of carbonyl (C=O) groups is 2. The number of likely N-dealkylation sites (N-methyl/N-ethyl adjacent to an activating group) is 1. The molecule has 0 heterocycles. The lowest BCUT2D eigenvalue weighted by Gasteiger charge is -2.30. The number of amides is 1. The second-order valence-corrected chi connectivity index (χ2v) is 24.6. The zero-order chi connectivity index (χ0) is 58.6. The van der Waals surface area contributed by atoms with Gasteiger partial charge in [0.1, 0.15) is 19.3 Å². The van der Waals surface area contributed by atoms with E-state index < -0.39 is 26.6 Å². The Morgan fingerprint density at radius 1 is 0.450 bits per heavy atom. The molecule has 0 spiro atoms. The highest BCUT2D eigenvalue weighted by atomic mass is 31.2. The highest BCUT2D eigenvalue weighted by molar-refractivity contribution is 7.45. The van der Waals surface area contributed by atoms with Crippen LogP contribution in [0.4, 0.5) is 0 Å². The molecule has 1 N–H and O–H groups in total. The molecule has 0 saturated heterocycles. The van der Waals surface area contributed by atoms with Crippen LogP contribution in [0.2, 0.25) is 0 Å². The molecule has 1 amide bonds. The molecule has 0 fully saturated rings. The summed E-state index contributed by atoms with van der Waals surface area (Å²) in [5.41, 5.74) is 0. The third-order valence-electron chi connectivity index (χ3n) is 14.2. The fourth-order valence-electron chi connectivity index (χ4n) is 9.17. The number of ether oxygens (including phenoxy) is 1. The number of quaternary nitrogens is 1. The summed E-state index contributed by atoms with van der Waals surface area (Å²) in [7, 11) is 1.15. The van der Waals surface area contributed by atoms with Gasteiger partial charge in [-0.3, -0.25) is 14.2 Å². The van der Waals surface area contributed by atoms with Crippen molar-refractivity contribution in [1.29, 1.82) is 0 Å². The van der Waals surface area contributed by atoms with Crippen molar-refractivity contribution in [1.82, 2.24) is 5.32 Å². The first-order valence-electron chi connectivity index (χ1n) is 33.0. The van der Waals surface area contributed by atoms with Gasteiger partial charge in [-0.2, -0.15) is 0 Å². The van der Waals surface area contributed by atoms with Gasteiger partial charge >= 0.3 is 5.97 Å². The molecule has 3 atom stereocenters. The maximum Gasteiger partial charge on any atom is 0.306 e. The zero-order valence-electron chi connectivity index (χ0n) is 52.8. The molecule has 0 bridgehead atoms. The van der Waals surface area contributed by atoms with Gasteiger partial charge in [0.25, 0.3) is 7.82 Å². The Bertz CT molecular complexity index is 1690. The normalized spacial score (nSPS) is 14.2. The van der Waals surface area contributed by atoms with Crippen LogP contribution in [-0.4, -0.2) is 69.4 Å². The molecule has 0 saturated carbocycles. The number of hydrogen-bond donors (Lipinski definition) is 1. The minimum atomic E-state index is -4.72. The monoisotopic (exact) mass is 1140 g/mol. The Labute approximate surface area is 494 Å². The first kappa shape index (κ1) is 76.9. The number of allylic oxidation sites excluding steroid dienone is 15. The van der Waals surface area contributed by atoms with Crippen LogP contribution in [-0.2, 0) is 27.9 Å². The largest absolute Gasteiger partial charge is 0.756 e. The summed E-state index contributed by atoms with van der Waals surface area (Å²) >= 11 is 0. The van der Waals surface area contributed by atoms with Gasteiger partial charge in [0.05, 0.1) is 33.8 Å². The van der Waals surface area contributed by atoms with Crippen LogP contribution in [0, 0.1) is 0 Å². The first-order chi connectivity index (χ1) is 38.9. The van der Waals surface area contributed by atoms with E-state index in [1.165, 1.54) is 148 Å². The number of nitrogens with zero attached hydrogens (tertiary/aromatic N) is 1. The molecular formula is C70H125N2O7P. The van der Waals surface area contributed by atoms with Crippen LogP contribution in [0.15, 0.2) is 97.2 Å². The molecule has 0 rings (SSSR count). The Morgan fingerprint density at radius 2 is 0.800 bits per heavy atom. The summed E-state index contributed by atoms with van der Waals surface area (Å²) in [5.74, 6) is -0.579. The van der Waals surface area contributed by atoms with Crippen molar-refractivity contribution in [3.8, 4) is 0 Å². The summed E-state index contributed by atoms with van der Waals surface area (Å²) in [6.07, 6.45) is 79.5. The van der Waals surface area contributed by atoms with E-state index in [0.717, 1.165) is 96.3 Å². The number of rotatable bonds is 59. The first-order valence-corrected chi connectivity index (χ1v) is 34.5. The van der Waals surface area contributed by atoms with Crippen molar-refractivity contribution in [3.05, 3.63) is 97.2 Å². The van der Waals surface area contributed by atoms with Crippen molar-refractivity contribution >= 4 is 19.7 Å². The lowest BCUT2D eigenvalue weighted by Crippen LogP contribution is -2.47. The number of hydrogen-bond acceptors (Lipinski definition) is 7. The average Bonchev–Trinajstić information content (AvgIpc) is 3.42. The van der Waals surface area contributed by atoms with Crippen LogP contribution in [0.25, 0.3) is 0 Å². The van der Waals surface area contributed by atoms with Crippen molar-refractivity contribution in [2.75, 3.05) is 40.9 Å². The van der Waals surface area contributed by atoms with Crippen molar-refractivity contribution in [2.45, 2.75) is 296 Å². The van der Waals surface area contributed by atoms with Crippen LogP contribution >= 0.6 is 7.82 Å². The Morgan fingerprint density at radius 3 is 1.24 bits per heavy atom. The van der Waals surface area contributed by atoms with Crippen molar-refractivity contribution in [3.63, 3.8) is 0 Å². The fraction of sp³-hybridized carbons (Fsp3) is 0.743. The van der Waals surface area contributed by atoms with Crippen LogP contribution < -0.4 is 10.2 Å². The minimum absolute atomic E-state index is 0.0329. The van der Waals surface area contributed by atoms with Crippen LogP contribution in [0.3, 0.4) is 0 Å². The summed E-state index contributed by atoms with van der Waals surface area (Å²) in [6.45, 7) is 6.69. The van der Waals surface area contributed by atoms with Gasteiger partial charge in [-0.15, -0.1) is 0 Å². The standard InChI is InChI=1S/C70H125N2O7P/c1-7-10-13-16-19-22-25-28-30-32-34-35-36-37-39-41-43-45-48-51-54-57-60-63-70(74)79-68(61-58-55-52-49-46-27-24-21-18-15-12-9-3)67(66-78-80(75,76)77-65-64-72(4,5)6)71-69(73)62-59-56-53-50-47-44-42-40-38-33-31-29-26-23-20-17-14-11-8-2/h11,14,19-20,22-23,28-31,38,40,44,47,58,61,67-68H,7-10,12-13,15-18,21,24-27,32-37,39,41-43,45-46,48-57,59-60,62-66H2,1-6H3,(H-,71,73,75,76)/b14-11-,22-19-,23-20-,30-28-,31-29-,40-38-,47-44-,61-58+. The van der Waals surface area contributed by atoms with Crippen LogP contribution in [0.1, 0.15) is 284 Å². The number of phosphoric acid groups is 1. The predicted molar refractivity (Wildman–Crippen MR) is 344 cm³/mol. The second-order valence-electron chi connectivity index (χ2n) is 23.2. The number of nitrogens with one attached hydrogen (secondary N) is 1. The second kappa shape index (κ2) is 59.1. The Balaban J connectivity index is 5.21. The van der Waals surface area contributed by atoms with Gasteiger partial charge < -0.3 is 28.5 Å².